The second-order valence-electron chi connectivity index (χ2n) is 6.15. The van der Waals surface area contributed by atoms with Gasteiger partial charge in [0.15, 0.2) is 0 Å². The number of aliphatic carboxylic acids is 1. The van der Waals surface area contributed by atoms with Crippen molar-refractivity contribution in [3.8, 4) is 0 Å². The molecule has 0 heterocycles. The number of carboxylic acids is 1. The van der Waals surface area contributed by atoms with Crippen LogP contribution >= 0.6 is 23.2 Å². The Kier molecular flexibility index (Phi) is 5.70. The van der Waals surface area contributed by atoms with Gasteiger partial charge in [0.2, 0.25) is 0 Å². The summed E-state index contributed by atoms with van der Waals surface area (Å²) in [5, 5.41) is 12.4. The molecule has 0 radical (unpaired) electrons. The molecule has 0 aromatic heterocycles. The molecule has 1 amide bonds. The van der Waals surface area contributed by atoms with Crippen LogP contribution in [0, 0.1) is 0 Å². The summed E-state index contributed by atoms with van der Waals surface area (Å²) in [5.74, 6) is -1.20. The van der Waals surface area contributed by atoms with E-state index in [2.05, 4.69) is 5.32 Å². The molecule has 1 aromatic carbocycles. The number of ether oxygens (including phenoxy) is 1. The van der Waals surface area contributed by atoms with Gasteiger partial charge in [-0.25, -0.2) is 9.59 Å². The molecule has 7 heteroatoms. The van der Waals surface area contributed by atoms with Gasteiger partial charge < -0.3 is 15.2 Å². The van der Waals surface area contributed by atoms with Crippen LogP contribution in [-0.2, 0) is 16.0 Å². The van der Waals surface area contributed by atoms with Crippen LogP contribution < -0.4 is 5.32 Å². The van der Waals surface area contributed by atoms with E-state index in [0.29, 0.717) is 10.6 Å². The predicted molar refractivity (Wildman–Crippen MR) is 85.6 cm³/mol. The van der Waals surface area contributed by atoms with Crippen molar-refractivity contribution in [2.45, 2.75) is 45.3 Å². The van der Waals surface area contributed by atoms with Crippen LogP contribution in [0.5, 0.6) is 0 Å². The first-order valence-electron chi connectivity index (χ1n) is 6.62. The smallest absolute Gasteiger partial charge is 0.408 e. The minimum atomic E-state index is -1.57. The number of amides is 1. The fourth-order valence-corrected chi connectivity index (χ4v) is 2.15. The number of rotatable bonds is 4. The Hall–Kier alpha value is -1.46. The van der Waals surface area contributed by atoms with Crippen molar-refractivity contribution in [1.29, 1.82) is 0 Å². The third-order valence-corrected chi connectivity index (χ3v) is 3.68. The Balaban J connectivity index is 2.99. The van der Waals surface area contributed by atoms with Gasteiger partial charge in [-0.3, -0.25) is 0 Å². The van der Waals surface area contributed by atoms with E-state index in [9.17, 15) is 14.7 Å². The van der Waals surface area contributed by atoms with Crippen LogP contribution in [0.1, 0.15) is 33.3 Å². The van der Waals surface area contributed by atoms with Crippen molar-refractivity contribution in [2.75, 3.05) is 0 Å². The Morgan fingerprint density at radius 3 is 2.32 bits per heavy atom. The average molecular weight is 348 g/mol. The largest absolute Gasteiger partial charge is 0.480 e. The van der Waals surface area contributed by atoms with Crippen LogP contribution in [0.15, 0.2) is 18.2 Å². The molecule has 0 aliphatic rings. The van der Waals surface area contributed by atoms with Crippen molar-refractivity contribution < 1.29 is 19.4 Å². The third-order valence-electron chi connectivity index (χ3n) is 2.82. The summed E-state index contributed by atoms with van der Waals surface area (Å²) in [6, 6.07) is 4.93. The molecule has 22 heavy (non-hydrogen) atoms. The van der Waals surface area contributed by atoms with Gasteiger partial charge in [-0.1, -0.05) is 35.3 Å². The summed E-state index contributed by atoms with van der Waals surface area (Å²) in [5.41, 5.74) is -1.77. The topological polar surface area (TPSA) is 75.6 Å². The maximum atomic E-state index is 11.9. The number of alkyl carbamates (subject to hydrolysis) is 1. The fraction of sp³-hybridized carbons (Fsp3) is 0.467. The van der Waals surface area contributed by atoms with Crippen molar-refractivity contribution in [3.63, 3.8) is 0 Å². The van der Waals surface area contributed by atoms with Gasteiger partial charge in [-0.05, 0) is 39.3 Å². The van der Waals surface area contributed by atoms with E-state index in [1.165, 1.54) is 6.92 Å². The number of benzene rings is 1. The van der Waals surface area contributed by atoms with Crippen LogP contribution in [-0.4, -0.2) is 28.3 Å². The lowest BCUT2D eigenvalue weighted by atomic mass is 9.93. The molecule has 122 valence electrons. The summed E-state index contributed by atoms with van der Waals surface area (Å²) < 4.78 is 5.10. The number of nitrogens with one attached hydrogen (secondary N) is 1. The van der Waals surface area contributed by atoms with Crippen LogP contribution in [0.25, 0.3) is 0 Å². The van der Waals surface area contributed by atoms with Crippen LogP contribution in [0.3, 0.4) is 0 Å². The lowest BCUT2D eigenvalue weighted by Gasteiger charge is -2.29. The van der Waals surface area contributed by atoms with Gasteiger partial charge in [0.25, 0.3) is 0 Å². The van der Waals surface area contributed by atoms with E-state index in [1.807, 2.05) is 0 Å². The molecule has 0 spiro atoms. The summed E-state index contributed by atoms with van der Waals surface area (Å²) >= 11 is 12.0. The second kappa shape index (κ2) is 6.75. The molecule has 0 saturated heterocycles. The SMILES string of the molecule is CC(C)(C)OC(=O)NC(C)(Cc1cccc(Cl)c1Cl)C(=O)O. The quantitative estimate of drug-likeness (QED) is 0.865. The van der Waals surface area contributed by atoms with Gasteiger partial charge >= 0.3 is 12.1 Å². The van der Waals surface area contributed by atoms with E-state index in [1.54, 1.807) is 39.0 Å². The van der Waals surface area contributed by atoms with Crippen molar-refractivity contribution in [2.24, 2.45) is 0 Å². The molecule has 0 bridgehead atoms. The van der Waals surface area contributed by atoms with Crippen molar-refractivity contribution in [3.05, 3.63) is 33.8 Å². The summed E-state index contributed by atoms with van der Waals surface area (Å²) in [6.07, 6.45) is -0.836. The molecule has 1 atom stereocenters. The highest BCUT2D eigenvalue weighted by molar-refractivity contribution is 6.42. The van der Waals surface area contributed by atoms with Gasteiger partial charge in [0, 0.05) is 6.42 Å². The summed E-state index contributed by atoms with van der Waals surface area (Å²) in [6.45, 7) is 6.46. The van der Waals surface area contributed by atoms with Gasteiger partial charge in [0.1, 0.15) is 11.1 Å². The molecule has 2 N–H and O–H groups in total. The maximum absolute atomic E-state index is 11.9. The zero-order valence-corrected chi connectivity index (χ0v) is 14.4. The second-order valence-corrected chi connectivity index (χ2v) is 6.94. The van der Waals surface area contributed by atoms with Gasteiger partial charge in [-0.15, -0.1) is 0 Å². The first-order valence-corrected chi connectivity index (χ1v) is 7.38. The number of carbonyl (C=O) groups is 2. The number of hydrogen-bond acceptors (Lipinski definition) is 3. The van der Waals surface area contributed by atoms with E-state index in [4.69, 9.17) is 27.9 Å². The fourth-order valence-electron chi connectivity index (χ4n) is 1.77. The number of halogens is 2. The Morgan fingerprint density at radius 2 is 1.82 bits per heavy atom. The van der Waals surface area contributed by atoms with Crippen LogP contribution in [0.4, 0.5) is 4.79 Å². The normalized spacial score (nSPS) is 14.1. The Morgan fingerprint density at radius 1 is 1.23 bits per heavy atom. The Labute approximate surface area is 139 Å². The highest BCUT2D eigenvalue weighted by Gasteiger charge is 2.37. The number of carbonyl (C=O) groups excluding carboxylic acids is 1. The average Bonchev–Trinajstić information content (AvgIpc) is 2.32. The molecular weight excluding hydrogens is 329 g/mol. The highest BCUT2D eigenvalue weighted by Crippen LogP contribution is 2.28. The molecule has 0 aliphatic carbocycles. The molecule has 1 rings (SSSR count). The first-order chi connectivity index (χ1) is 9.94. The number of carboxylic acid groups (broad SMARTS) is 1. The molecule has 0 aliphatic heterocycles. The van der Waals surface area contributed by atoms with Crippen LogP contribution in [0.2, 0.25) is 10.0 Å². The molecule has 1 aromatic rings. The van der Waals surface area contributed by atoms with E-state index >= 15 is 0 Å². The third kappa shape index (κ3) is 5.07. The molecule has 0 fully saturated rings. The highest BCUT2D eigenvalue weighted by atomic mass is 35.5. The first kappa shape index (κ1) is 18.6. The summed E-state index contributed by atoms with van der Waals surface area (Å²) in [4.78, 5) is 23.4. The summed E-state index contributed by atoms with van der Waals surface area (Å²) in [7, 11) is 0. The van der Waals surface area contributed by atoms with Crippen molar-refractivity contribution in [1.82, 2.24) is 5.32 Å². The van der Waals surface area contributed by atoms with Crippen molar-refractivity contribution >= 4 is 35.3 Å². The van der Waals surface area contributed by atoms with E-state index in [0.717, 1.165) is 0 Å². The Bertz CT molecular complexity index is 583. The lowest BCUT2D eigenvalue weighted by Crippen LogP contribution is -2.54. The minimum absolute atomic E-state index is 0.0268. The lowest BCUT2D eigenvalue weighted by molar-refractivity contribution is -0.144. The van der Waals surface area contributed by atoms with E-state index < -0.39 is 23.2 Å². The van der Waals surface area contributed by atoms with Gasteiger partial charge in [-0.2, -0.15) is 0 Å². The van der Waals surface area contributed by atoms with E-state index in [-0.39, 0.29) is 11.4 Å². The molecular formula is C15H19Cl2NO4. The number of hydrogen-bond donors (Lipinski definition) is 2. The zero-order chi connectivity index (χ0) is 17.1. The molecule has 1 unspecified atom stereocenters. The standard InChI is InChI=1S/C15H19Cl2NO4/c1-14(2,3)22-13(21)18-15(4,12(19)20)8-9-6-5-7-10(16)11(9)17/h5-7H,8H2,1-4H3,(H,18,21)(H,19,20). The molecule has 0 saturated carbocycles. The van der Waals surface area contributed by atoms with Gasteiger partial charge in [0.05, 0.1) is 10.0 Å². The monoisotopic (exact) mass is 347 g/mol. The minimum Gasteiger partial charge on any atom is -0.480 e. The predicted octanol–water partition coefficient (Wildman–Crippen LogP) is 3.90. The zero-order valence-electron chi connectivity index (χ0n) is 12.9. The molecule has 5 nitrogen and oxygen atoms in total. The maximum Gasteiger partial charge on any atom is 0.408 e.